The van der Waals surface area contributed by atoms with Crippen LogP contribution in [0.3, 0.4) is 0 Å². The van der Waals surface area contributed by atoms with E-state index in [4.69, 9.17) is 32.9 Å². The van der Waals surface area contributed by atoms with Gasteiger partial charge in [-0.3, -0.25) is 19.3 Å². The van der Waals surface area contributed by atoms with Gasteiger partial charge in [-0.05, 0) is 61.2 Å². The van der Waals surface area contributed by atoms with Gasteiger partial charge >= 0.3 is 0 Å². The minimum absolute atomic E-state index is 0.0545. The highest BCUT2D eigenvalue weighted by Gasteiger charge is 2.51. The van der Waals surface area contributed by atoms with Crippen molar-refractivity contribution in [2.75, 3.05) is 25.5 Å². The van der Waals surface area contributed by atoms with Crippen LogP contribution in [0.4, 0.5) is 14.5 Å². The zero-order valence-electron chi connectivity index (χ0n) is 25.3. The van der Waals surface area contributed by atoms with Crippen LogP contribution in [0.1, 0.15) is 46.8 Å². The SMILES string of the molecule is COc1nc(-c2ccc(F)c(-c3c(F)ccc(NC(=O)c4ccnn(C)c4=O)c3Cl)c2Cl)cc2c1C(N1CC3(CCC(=O)N3)C1)CC2. The van der Waals surface area contributed by atoms with Crippen molar-refractivity contribution in [2.45, 2.75) is 37.3 Å². The van der Waals surface area contributed by atoms with E-state index in [2.05, 4.69) is 20.6 Å². The van der Waals surface area contributed by atoms with Crippen LogP contribution in [0.15, 0.2) is 47.4 Å². The van der Waals surface area contributed by atoms with E-state index in [0.717, 1.165) is 60.3 Å². The third kappa shape index (κ3) is 5.24. The number of carbonyl (C=O) groups excluding carboxylic acids is 2. The minimum atomic E-state index is -0.876. The summed E-state index contributed by atoms with van der Waals surface area (Å²) < 4.78 is 37.7. The smallest absolute Gasteiger partial charge is 0.279 e. The molecule has 242 valence electrons. The Bertz CT molecular complexity index is 2050. The number of anilines is 1. The fraction of sp³-hybridized carbons (Fsp3) is 0.303. The Kier molecular flexibility index (Phi) is 7.77. The molecule has 1 aliphatic carbocycles. The Morgan fingerprint density at radius 3 is 2.49 bits per heavy atom. The molecule has 2 amide bonds. The Hall–Kier alpha value is -4.39. The summed E-state index contributed by atoms with van der Waals surface area (Å²) in [6.45, 7) is 1.51. The summed E-state index contributed by atoms with van der Waals surface area (Å²) in [5.74, 6) is -2.02. The van der Waals surface area contributed by atoms with Gasteiger partial charge in [0.05, 0.1) is 34.1 Å². The second-order valence-electron chi connectivity index (χ2n) is 12.1. The summed E-state index contributed by atoms with van der Waals surface area (Å²) in [6, 6.07) is 8.05. The minimum Gasteiger partial charge on any atom is -0.481 e. The van der Waals surface area contributed by atoms with Gasteiger partial charge in [0, 0.05) is 61.1 Å². The molecule has 2 aliphatic heterocycles. The molecule has 4 aromatic rings. The van der Waals surface area contributed by atoms with Crippen LogP contribution in [0.5, 0.6) is 5.88 Å². The van der Waals surface area contributed by atoms with E-state index >= 15 is 8.78 Å². The first-order valence-corrected chi connectivity index (χ1v) is 15.7. The molecule has 2 fully saturated rings. The van der Waals surface area contributed by atoms with Crippen molar-refractivity contribution in [1.82, 2.24) is 25.0 Å². The van der Waals surface area contributed by atoms with Gasteiger partial charge in [0.15, 0.2) is 0 Å². The van der Waals surface area contributed by atoms with Crippen molar-refractivity contribution in [3.05, 3.63) is 91.3 Å². The van der Waals surface area contributed by atoms with Crippen LogP contribution in [0, 0.1) is 11.6 Å². The second kappa shape index (κ2) is 11.7. The molecule has 2 aromatic heterocycles. The highest BCUT2D eigenvalue weighted by molar-refractivity contribution is 6.39. The van der Waals surface area contributed by atoms with Gasteiger partial charge in [0.25, 0.3) is 11.5 Å². The van der Waals surface area contributed by atoms with Crippen LogP contribution >= 0.6 is 23.2 Å². The van der Waals surface area contributed by atoms with E-state index in [0.29, 0.717) is 23.6 Å². The van der Waals surface area contributed by atoms with Crippen LogP contribution in [0.2, 0.25) is 10.0 Å². The Balaban J connectivity index is 1.23. The lowest BCUT2D eigenvalue weighted by molar-refractivity contribution is -0.121. The monoisotopic (exact) mass is 680 g/mol. The summed E-state index contributed by atoms with van der Waals surface area (Å²) in [4.78, 5) is 44.2. The number of aromatic nitrogens is 3. The molecule has 2 aromatic carbocycles. The Labute approximate surface area is 277 Å². The molecule has 10 nitrogen and oxygen atoms in total. The number of nitrogens with zero attached hydrogens (tertiary/aromatic N) is 4. The lowest BCUT2D eigenvalue weighted by Crippen LogP contribution is -2.67. The molecule has 0 bridgehead atoms. The summed E-state index contributed by atoms with van der Waals surface area (Å²) >= 11 is 13.4. The van der Waals surface area contributed by atoms with Gasteiger partial charge in [-0.15, -0.1) is 0 Å². The largest absolute Gasteiger partial charge is 0.481 e. The van der Waals surface area contributed by atoms with Crippen molar-refractivity contribution in [1.29, 1.82) is 0 Å². The van der Waals surface area contributed by atoms with Gasteiger partial charge in [-0.2, -0.15) is 5.10 Å². The fourth-order valence-corrected chi connectivity index (χ4v) is 7.57. The Morgan fingerprint density at radius 1 is 1.06 bits per heavy atom. The van der Waals surface area contributed by atoms with Crippen molar-refractivity contribution < 1.29 is 23.1 Å². The number of hydrogen-bond acceptors (Lipinski definition) is 7. The number of fused-ring (bicyclic) bond motifs is 1. The Morgan fingerprint density at radius 2 is 1.79 bits per heavy atom. The predicted molar refractivity (Wildman–Crippen MR) is 172 cm³/mol. The number of nitrogens with one attached hydrogen (secondary N) is 2. The molecule has 3 aliphatic rings. The van der Waals surface area contributed by atoms with Crippen LogP contribution in [-0.2, 0) is 18.3 Å². The zero-order chi connectivity index (χ0) is 33.2. The van der Waals surface area contributed by atoms with Crippen LogP contribution < -0.4 is 20.9 Å². The number of halogens is 4. The van der Waals surface area contributed by atoms with Crippen molar-refractivity contribution in [3.63, 3.8) is 0 Å². The zero-order valence-corrected chi connectivity index (χ0v) is 26.8. The number of benzene rings is 2. The quantitative estimate of drug-likeness (QED) is 0.284. The molecule has 1 spiro atoms. The molecule has 4 heterocycles. The summed E-state index contributed by atoms with van der Waals surface area (Å²) in [6.07, 6.45) is 4.25. The van der Waals surface area contributed by atoms with Crippen LogP contribution in [0.25, 0.3) is 22.4 Å². The fourth-order valence-electron chi connectivity index (χ4n) is 6.93. The van der Waals surface area contributed by atoms with Crippen molar-refractivity contribution in [3.8, 4) is 28.3 Å². The van der Waals surface area contributed by atoms with E-state index in [-0.39, 0.29) is 49.9 Å². The van der Waals surface area contributed by atoms with Gasteiger partial charge in [0.1, 0.15) is 17.2 Å². The predicted octanol–water partition coefficient (Wildman–Crippen LogP) is 5.31. The summed E-state index contributed by atoms with van der Waals surface area (Å²) in [5.41, 5.74) is 0.952. The third-order valence-corrected chi connectivity index (χ3v) is 10.0. The topological polar surface area (TPSA) is 118 Å². The van der Waals surface area contributed by atoms with Gasteiger partial charge in [0.2, 0.25) is 11.8 Å². The molecule has 47 heavy (non-hydrogen) atoms. The first kappa shape index (κ1) is 31.2. The van der Waals surface area contributed by atoms with Gasteiger partial charge < -0.3 is 15.4 Å². The number of rotatable bonds is 6. The highest BCUT2D eigenvalue weighted by Crippen LogP contribution is 2.48. The summed E-state index contributed by atoms with van der Waals surface area (Å²) in [5, 5.41) is 8.97. The van der Waals surface area contributed by atoms with E-state index in [9.17, 15) is 14.4 Å². The van der Waals surface area contributed by atoms with E-state index in [1.807, 2.05) is 6.07 Å². The number of carbonyl (C=O) groups is 2. The molecule has 2 saturated heterocycles. The molecular formula is C33H28Cl2F2N6O4. The maximum Gasteiger partial charge on any atom is 0.279 e. The third-order valence-electron chi connectivity index (χ3n) is 9.22. The molecule has 1 unspecified atom stereocenters. The molecule has 0 saturated carbocycles. The van der Waals surface area contributed by atoms with E-state index in [1.54, 1.807) is 0 Å². The van der Waals surface area contributed by atoms with Gasteiger partial charge in [-0.1, -0.05) is 23.2 Å². The molecule has 0 radical (unpaired) electrons. The lowest BCUT2D eigenvalue weighted by Gasteiger charge is -2.50. The van der Waals surface area contributed by atoms with Gasteiger partial charge in [-0.25, -0.2) is 18.4 Å². The number of methoxy groups -OCH3 is 1. The number of hydrogen-bond donors (Lipinski definition) is 2. The number of amides is 2. The standard InChI is InChI=1S/C33H28Cl2F2N6O4/c1-42-32(46)18(10-12-38-42)30(45)39-21-7-6-20(37)27(29(21)35)26-19(36)5-4-17(28(26)34)22-13-16-3-8-23(25(16)31(40-22)47-2)43-14-33(15-43)11-9-24(44)41-33/h4-7,10,12-13,23H,3,8-9,11,14-15H2,1-2H3,(H,39,45)(H,41,44). The van der Waals surface area contributed by atoms with Crippen LogP contribution in [-0.4, -0.2) is 57.2 Å². The second-order valence-corrected chi connectivity index (χ2v) is 12.8. The lowest BCUT2D eigenvalue weighted by atomic mass is 9.86. The summed E-state index contributed by atoms with van der Waals surface area (Å²) in [7, 11) is 2.92. The number of aryl methyl sites for hydroxylation is 2. The molecule has 1 atom stereocenters. The number of likely N-dealkylation sites (tertiary alicyclic amines) is 1. The normalized spacial score (nSPS) is 18.2. The average Bonchev–Trinajstić information content (AvgIpc) is 3.64. The van der Waals surface area contributed by atoms with Crippen molar-refractivity contribution >= 4 is 40.7 Å². The van der Waals surface area contributed by atoms with Crippen molar-refractivity contribution in [2.24, 2.45) is 7.05 Å². The average molecular weight is 682 g/mol. The number of pyridine rings is 1. The molecular weight excluding hydrogens is 653 g/mol. The van der Waals surface area contributed by atoms with E-state index < -0.39 is 23.1 Å². The maximum atomic E-state index is 15.5. The number of ether oxygens (including phenoxy) is 1. The molecule has 7 rings (SSSR count). The first-order chi connectivity index (χ1) is 22.5. The van der Waals surface area contributed by atoms with E-state index in [1.165, 1.54) is 38.6 Å². The first-order valence-electron chi connectivity index (χ1n) is 14.9. The highest BCUT2D eigenvalue weighted by atomic mass is 35.5. The molecule has 14 heteroatoms. The molecule has 2 N–H and O–H groups in total. The maximum absolute atomic E-state index is 15.5.